The Labute approximate surface area is 125 Å². The van der Waals surface area contributed by atoms with E-state index in [1.54, 1.807) is 11.0 Å². The minimum absolute atomic E-state index is 0.425. The number of halogens is 1. The van der Waals surface area contributed by atoms with Gasteiger partial charge in [0.1, 0.15) is 6.04 Å². The molecule has 1 heterocycles. The first kappa shape index (κ1) is 14.7. The first-order valence-electron chi connectivity index (χ1n) is 6.27. The molecule has 20 heavy (non-hydrogen) atoms. The molecule has 0 radical (unpaired) electrons. The molecular formula is C13H16BrN5O. The van der Waals surface area contributed by atoms with Gasteiger partial charge in [0.05, 0.1) is 18.4 Å². The Kier molecular flexibility index (Phi) is 4.86. The number of rotatable bonds is 6. The van der Waals surface area contributed by atoms with Crippen molar-refractivity contribution in [2.45, 2.75) is 26.1 Å². The van der Waals surface area contributed by atoms with Crippen LogP contribution in [0.4, 0.5) is 0 Å². The highest BCUT2D eigenvalue weighted by Crippen LogP contribution is 2.18. The number of nitrogens with two attached hydrogens (primary N) is 1. The van der Waals surface area contributed by atoms with Gasteiger partial charge in [-0.1, -0.05) is 28.1 Å². The maximum atomic E-state index is 11.6. The number of carbonyl (C=O) groups is 1. The lowest BCUT2D eigenvalue weighted by atomic mass is 10.1. The molecule has 1 atom stereocenters. The van der Waals surface area contributed by atoms with Crippen LogP contribution in [0.15, 0.2) is 34.9 Å². The summed E-state index contributed by atoms with van der Waals surface area (Å²) in [5, 5.41) is 11.4. The molecule has 106 valence electrons. The normalized spacial score (nSPS) is 12.3. The van der Waals surface area contributed by atoms with Crippen molar-refractivity contribution in [1.82, 2.24) is 20.3 Å². The molecule has 0 saturated heterocycles. The Hall–Kier alpha value is -1.73. The Balaban J connectivity index is 2.08. The highest BCUT2D eigenvalue weighted by atomic mass is 79.9. The van der Waals surface area contributed by atoms with Crippen molar-refractivity contribution >= 4 is 21.8 Å². The fourth-order valence-corrected chi connectivity index (χ4v) is 2.26. The second-order valence-electron chi connectivity index (χ2n) is 4.30. The number of aryl methyl sites for hydroxylation is 1. The van der Waals surface area contributed by atoms with E-state index in [4.69, 9.17) is 5.73 Å². The van der Waals surface area contributed by atoms with Gasteiger partial charge in [0.2, 0.25) is 5.91 Å². The molecule has 0 aliphatic rings. The Morgan fingerprint density at radius 3 is 2.95 bits per heavy atom. The van der Waals surface area contributed by atoms with Gasteiger partial charge in [-0.05, 0) is 24.6 Å². The smallest absolute Gasteiger partial charge is 0.239 e. The van der Waals surface area contributed by atoms with Crippen molar-refractivity contribution in [1.29, 1.82) is 0 Å². The van der Waals surface area contributed by atoms with E-state index in [0.717, 1.165) is 15.7 Å². The number of nitrogens with one attached hydrogen (secondary N) is 1. The Morgan fingerprint density at radius 1 is 1.55 bits per heavy atom. The van der Waals surface area contributed by atoms with E-state index >= 15 is 0 Å². The highest BCUT2D eigenvalue weighted by molar-refractivity contribution is 9.10. The second-order valence-corrected chi connectivity index (χ2v) is 5.21. The number of amides is 1. The number of carbonyl (C=O) groups excluding carboxylic acids is 1. The molecule has 0 aliphatic heterocycles. The zero-order valence-electron chi connectivity index (χ0n) is 11.1. The maximum Gasteiger partial charge on any atom is 0.239 e. The van der Waals surface area contributed by atoms with Crippen LogP contribution in [0.5, 0.6) is 0 Å². The molecule has 1 unspecified atom stereocenters. The van der Waals surface area contributed by atoms with Crippen LogP contribution in [0.1, 0.15) is 24.2 Å². The van der Waals surface area contributed by atoms with Crippen molar-refractivity contribution < 1.29 is 4.79 Å². The summed E-state index contributed by atoms with van der Waals surface area (Å²) in [6, 6.07) is 6.93. The summed E-state index contributed by atoms with van der Waals surface area (Å²) < 4.78 is 0.903. The summed E-state index contributed by atoms with van der Waals surface area (Å²) in [6.07, 6.45) is 1.68. The number of hydrogen-bond donors (Lipinski definition) is 2. The number of benzene rings is 1. The van der Waals surface area contributed by atoms with Gasteiger partial charge in [-0.15, -0.1) is 0 Å². The van der Waals surface area contributed by atoms with E-state index < -0.39 is 11.9 Å². The van der Waals surface area contributed by atoms with Crippen LogP contribution >= 0.6 is 15.9 Å². The highest BCUT2D eigenvalue weighted by Gasteiger charge is 2.17. The molecule has 7 heteroatoms. The lowest BCUT2D eigenvalue weighted by Crippen LogP contribution is -2.33. The van der Waals surface area contributed by atoms with Crippen molar-refractivity contribution in [2.24, 2.45) is 5.73 Å². The fourth-order valence-electron chi connectivity index (χ4n) is 1.84. The molecular weight excluding hydrogens is 322 g/mol. The third-order valence-electron chi connectivity index (χ3n) is 2.82. The van der Waals surface area contributed by atoms with E-state index in [0.29, 0.717) is 13.1 Å². The van der Waals surface area contributed by atoms with Crippen molar-refractivity contribution in [3.63, 3.8) is 0 Å². The third-order valence-corrected chi connectivity index (χ3v) is 3.31. The van der Waals surface area contributed by atoms with Gasteiger partial charge in [0.25, 0.3) is 0 Å². The molecule has 2 rings (SSSR count). The van der Waals surface area contributed by atoms with Crippen LogP contribution in [0.25, 0.3) is 0 Å². The third kappa shape index (κ3) is 3.64. The van der Waals surface area contributed by atoms with Crippen molar-refractivity contribution in [2.75, 3.05) is 0 Å². The van der Waals surface area contributed by atoms with Gasteiger partial charge >= 0.3 is 0 Å². The van der Waals surface area contributed by atoms with Crippen LogP contribution in [-0.4, -0.2) is 20.9 Å². The summed E-state index contributed by atoms with van der Waals surface area (Å²) >= 11 is 3.38. The molecule has 1 amide bonds. The minimum Gasteiger partial charge on any atom is -0.368 e. The van der Waals surface area contributed by atoms with Gasteiger partial charge in [-0.25, -0.2) is 0 Å². The summed E-state index contributed by atoms with van der Waals surface area (Å²) in [7, 11) is 0. The number of aromatic nitrogens is 3. The zero-order chi connectivity index (χ0) is 14.5. The quantitative estimate of drug-likeness (QED) is 0.833. The van der Waals surface area contributed by atoms with E-state index in [2.05, 4.69) is 31.4 Å². The van der Waals surface area contributed by atoms with Crippen LogP contribution in [0.3, 0.4) is 0 Å². The molecule has 0 spiro atoms. The standard InChI is InChI=1S/C13H16BrN5O/c1-2-19-17-8-11(18-19)7-16-12(13(15)20)9-4-3-5-10(14)6-9/h3-6,8,12,16H,2,7H2,1H3,(H2,15,20). The topological polar surface area (TPSA) is 85.8 Å². The predicted molar refractivity (Wildman–Crippen MR) is 78.6 cm³/mol. The summed E-state index contributed by atoms with van der Waals surface area (Å²) in [4.78, 5) is 13.2. The van der Waals surface area contributed by atoms with Gasteiger partial charge in [-0.2, -0.15) is 15.0 Å². The van der Waals surface area contributed by atoms with E-state index in [9.17, 15) is 4.79 Å². The Bertz CT molecular complexity index is 598. The van der Waals surface area contributed by atoms with Crippen LogP contribution in [-0.2, 0) is 17.9 Å². The van der Waals surface area contributed by atoms with Crippen molar-refractivity contribution in [3.8, 4) is 0 Å². The average molecular weight is 338 g/mol. The maximum absolute atomic E-state index is 11.6. The van der Waals surface area contributed by atoms with Gasteiger partial charge in [0.15, 0.2) is 0 Å². The summed E-state index contributed by atoms with van der Waals surface area (Å²) in [5.41, 5.74) is 7.04. The van der Waals surface area contributed by atoms with Crippen LogP contribution in [0, 0.1) is 0 Å². The molecule has 2 aromatic rings. The second kappa shape index (κ2) is 6.62. The summed E-state index contributed by atoms with van der Waals surface area (Å²) in [6.45, 7) is 3.11. The largest absolute Gasteiger partial charge is 0.368 e. The van der Waals surface area contributed by atoms with E-state index in [1.165, 1.54) is 0 Å². The van der Waals surface area contributed by atoms with Gasteiger partial charge in [0, 0.05) is 11.0 Å². The lowest BCUT2D eigenvalue weighted by Gasteiger charge is -2.15. The number of nitrogens with zero attached hydrogens (tertiary/aromatic N) is 3. The average Bonchev–Trinajstić information content (AvgIpc) is 2.87. The van der Waals surface area contributed by atoms with E-state index in [1.807, 2.05) is 31.2 Å². The van der Waals surface area contributed by atoms with Gasteiger partial charge in [-0.3, -0.25) is 10.1 Å². The van der Waals surface area contributed by atoms with E-state index in [-0.39, 0.29) is 0 Å². The van der Waals surface area contributed by atoms with Crippen molar-refractivity contribution in [3.05, 3.63) is 46.2 Å². The van der Waals surface area contributed by atoms with Crippen LogP contribution in [0.2, 0.25) is 0 Å². The number of hydrogen-bond acceptors (Lipinski definition) is 4. The molecule has 1 aromatic carbocycles. The molecule has 0 fully saturated rings. The molecule has 0 aliphatic carbocycles. The lowest BCUT2D eigenvalue weighted by molar-refractivity contribution is -0.120. The zero-order valence-corrected chi connectivity index (χ0v) is 12.7. The SMILES string of the molecule is CCn1ncc(CNC(C(N)=O)c2cccc(Br)c2)n1. The molecule has 1 aromatic heterocycles. The molecule has 0 saturated carbocycles. The van der Waals surface area contributed by atoms with Crippen LogP contribution < -0.4 is 11.1 Å². The minimum atomic E-state index is -0.556. The monoisotopic (exact) mass is 337 g/mol. The molecule has 6 nitrogen and oxygen atoms in total. The first-order chi connectivity index (χ1) is 9.60. The predicted octanol–water partition coefficient (Wildman–Crippen LogP) is 1.38. The molecule has 3 N–H and O–H groups in total. The Morgan fingerprint density at radius 2 is 2.35 bits per heavy atom. The summed E-state index contributed by atoms with van der Waals surface area (Å²) in [5.74, 6) is -0.425. The first-order valence-corrected chi connectivity index (χ1v) is 7.06. The number of primary amides is 1. The molecule has 0 bridgehead atoms. The fraction of sp³-hybridized carbons (Fsp3) is 0.308. The van der Waals surface area contributed by atoms with Gasteiger partial charge < -0.3 is 5.73 Å².